The summed E-state index contributed by atoms with van der Waals surface area (Å²) in [6.45, 7) is 5.71. The quantitative estimate of drug-likeness (QED) is 0.540. The number of unbranched alkanes of at least 4 members (excludes halogenated alkanes) is 1. The van der Waals surface area contributed by atoms with Gasteiger partial charge in [-0.25, -0.2) is 0 Å². The smallest absolute Gasteiger partial charge is 0.0462 e. The first-order chi connectivity index (χ1) is 8.27. The van der Waals surface area contributed by atoms with Crippen molar-refractivity contribution in [3.05, 3.63) is 0 Å². The monoisotopic (exact) mass is 240 g/mol. The molecule has 0 aliphatic heterocycles. The van der Waals surface area contributed by atoms with Gasteiger partial charge in [-0.3, -0.25) is 0 Å². The number of methoxy groups -OCH3 is 1. The first-order valence-electron chi connectivity index (χ1n) is 7.76. The van der Waals surface area contributed by atoms with Crippen molar-refractivity contribution in [3.8, 4) is 0 Å². The molecule has 0 amide bonds. The van der Waals surface area contributed by atoms with Crippen LogP contribution in [0.4, 0.5) is 0 Å². The van der Waals surface area contributed by atoms with Crippen molar-refractivity contribution >= 4 is 0 Å². The fraction of sp³-hybridized carbons (Fsp3) is 1.00. The highest BCUT2D eigenvalue weighted by Gasteiger charge is 2.24. The largest absolute Gasteiger partial charge is 0.385 e. The summed E-state index contributed by atoms with van der Waals surface area (Å²) in [5.74, 6) is 3.03. The molecule has 17 heavy (non-hydrogen) atoms. The Kier molecular flexibility index (Phi) is 7.92. The Morgan fingerprint density at radius 2 is 1.76 bits per heavy atom. The molecule has 1 aliphatic rings. The van der Waals surface area contributed by atoms with Crippen molar-refractivity contribution in [3.63, 3.8) is 0 Å². The molecule has 0 aromatic heterocycles. The van der Waals surface area contributed by atoms with Crippen molar-refractivity contribution in [2.75, 3.05) is 13.7 Å². The molecular formula is C16H32O. The van der Waals surface area contributed by atoms with Gasteiger partial charge in [-0.1, -0.05) is 52.4 Å². The molecular weight excluding hydrogens is 208 g/mol. The van der Waals surface area contributed by atoms with Gasteiger partial charge in [0.15, 0.2) is 0 Å². The third-order valence-electron chi connectivity index (χ3n) is 4.56. The SMILES string of the molecule is CCCC(CCCCOC)C1CCC(C)CC1. The summed E-state index contributed by atoms with van der Waals surface area (Å²) in [5, 5.41) is 0. The predicted molar refractivity (Wildman–Crippen MR) is 75.2 cm³/mol. The zero-order valence-electron chi connectivity index (χ0n) is 12.2. The van der Waals surface area contributed by atoms with Crippen molar-refractivity contribution in [1.29, 1.82) is 0 Å². The lowest BCUT2D eigenvalue weighted by molar-refractivity contribution is 0.170. The van der Waals surface area contributed by atoms with Crippen LogP contribution in [0.2, 0.25) is 0 Å². The zero-order valence-corrected chi connectivity index (χ0v) is 12.2. The summed E-state index contributed by atoms with van der Waals surface area (Å²) in [7, 11) is 1.81. The summed E-state index contributed by atoms with van der Waals surface area (Å²) in [6.07, 6.45) is 12.8. The van der Waals surface area contributed by atoms with Crippen molar-refractivity contribution < 1.29 is 4.74 Å². The molecule has 1 rings (SSSR count). The summed E-state index contributed by atoms with van der Waals surface area (Å²) in [5.41, 5.74) is 0. The lowest BCUT2D eigenvalue weighted by Gasteiger charge is -2.33. The van der Waals surface area contributed by atoms with Crippen molar-refractivity contribution in [2.45, 2.75) is 71.6 Å². The van der Waals surface area contributed by atoms with Crippen LogP contribution in [0.25, 0.3) is 0 Å². The van der Waals surface area contributed by atoms with Gasteiger partial charge in [0.2, 0.25) is 0 Å². The minimum atomic E-state index is 0.945. The van der Waals surface area contributed by atoms with E-state index >= 15 is 0 Å². The summed E-state index contributed by atoms with van der Waals surface area (Å²) in [6, 6.07) is 0. The van der Waals surface area contributed by atoms with Gasteiger partial charge in [-0.05, 0) is 37.0 Å². The normalized spacial score (nSPS) is 27.0. The highest BCUT2D eigenvalue weighted by Crippen LogP contribution is 2.37. The Bertz CT molecular complexity index is 170. The third kappa shape index (κ3) is 5.90. The van der Waals surface area contributed by atoms with Gasteiger partial charge in [0.05, 0.1) is 0 Å². The van der Waals surface area contributed by atoms with E-state index in [1.165, 1.54) is 57.8 Å². The second kappa shape index (κ2) is 8.97. The van der Waals surface area contributed by atoms with E-state index in [4.69, 9.17) is 4.74 Å². The van der Waals surface area contributed by atoms with Gasteiger partial charge >= 0.3 is 0 Å². The predicted octanol–water partition coefficient (Wildman–Crippen LogP) is 5.05. The summed E-state index contributed by atoms with van der Waals surface area (Å²) in [4.78, 5) is 0. The zero-order chi connectivity index (χ0) is 12.5. The fourth-order valence-electron chi connectivity index (χ4n) is 3.40. The standard InChI is InChI=1S/C16H32O/c1-4-7-15(8-5-6-13-17-3)16-11-9-14(2)10-12-16/h14-16H,4-13H2,1-3H3. The molecule has 1 unspecified atom stereocenters. The molecule has 0 saturated heterocycles. The van der Waals surface area contributed by atoms with Gasteiger partial charge in [0, 0.05) is 13.7 Å². The van der Waals surface area contributed by atoms with Crippen LogP contribution in [-0.2, 0) is 4.74 Å². The Morgan fingerprint density at radius 1 is 1.06 bits per heavy atom. The Balaban J connectivity index is 2.26. The minimum absolute atomic E-state index is 0.945. The molecule has 1 aliphatic carbocycles. The first-order valence-corrected chi connectivity index (χ1v) is 7.76. The molecule has 0 radical (unpaired) electrons. The van der Waals surface area contributed by atoms with Gasteiger partial charge in [-0.2, -0.15) is 0 Å². The Hall–Kier alpha value is -0.0400. The van der Waals surface area contributed by atoms with E-state index in [1.807, 2.05) is 7.11 Å². The van der Waals surface area contributed by atoms with Crippen LogP contribution in [0.5, 0.6) is 0 Å². The van der Waals surface area contributed by atoms with E-state index in [0.717, 1.165) is 24.4 Å². The molecule has 0 heterocycles. The molecule has 0 N–H and O–H groups in total. The lowest BCUT2D eigenvalue weighted by atomic mass is 9.73. The molecule has 0 aromatic rings. The van der Waals surface area contributed by atoms with E-state index in [9.17, 15) is 0 Å². The maximum absolute atomic E-state index is 5.14. The molecule has 1 fully saturated rings. The first kappa shape index (κ1) is 15.0. The maximum atomic E-state index is 5.14. The van der Waals surface area contributed by atoms with Crippen LogP contribution >= 0.6 is 0 Å². The van der Waals surface area contributed by atoms with Crippen LogP contribution < -0.4 is 0 Å². The van der Waals surface area contributed by atoms with Crippen molar-refractivity contribution in [2.24, 2.45) is 17.8 Å². The molecule has 1 heteroatoms. The van der Waals surface area contributed by atoms with Gasteiger partial charge in [0.25, 0.3) is 0 Å². The Morgan fingerprint density at radius 3 is 2.35 bits per heavy atom. The summed E-state index contributed by atoms with van der Waals surface area (Å²) >= 11 is 0. The van der Waals surface area contributed by atoms with Crippen LogP contribution in [0.1, 0.15) is 71.6 Å². The van der Waals surface area contributed by atoms with E-state index in [-0.39, 0.29) is 0 Å². The molecule has 1 atom stereocenters. The lowest BCUT2D eigenvalue weighted by Crippen LogP contribution is -2.21. The van der Waals surface area contributed by atoms with E-state index < -0.39 is 0 Å². The number of ether oxygens (including phenoxy) is 1. The van der Waals surface area contributed by atoms with E-state index in [2.05, 4.69) is 13.8 Å². The fourth-order valence-corrected chi connectivity index (χ4v) is 3.40. The second-order valence-electron chi connectivity index (χ2n) is 6.06. The van der Waals surface area contributed by atoms with Crippen LogP contribution in [0.3, 0.4) is 0 Å². The number of rotatable bonds is 8. The average molecular weight is 240 g/mol. The highest BCUT2D eigenvalue weighted by atomic mass is 16.5. The molecule has 1 saturated carbocycles. The topological polar surface area (TPSA) is 9.23 Å². The van der Waals surface area contributed by atoms with Gasteiger partial charge < -0.3 is 4.74 Å². The number of hydrogen-bond acceptors (Lipinski definition) is 1. The van der Waals surface area contributed by atoms with Crippen LogP contribution in [-0.4, -0.2) is 13.7 Å². The van der Waals surface area contributed by atoms with Crippen LogP contribution in [0.15, 0.2) is 0 Å². The van der Waals surface area contributed by atoms with E-state index in [1.54, 1.807) is 0 Å². The molecule has 1 nitrogen and oxygen atoms in total. The third-order valence-corrected chi connectivity index (χ3v) is 4.56. The van der Waals surface area contributed by atoms with Crippen molar-refractivity contribution in [1.82, 2.24) is 0 Å². The Labute approximate surface area is 108 Å². The molecule has 102 valence electrons. The van der Waals surface area contributed by atoms with Gasteiger partial charge in [-0.15, -0.1) is 0 Å². The summed E-state index contributed by atoms with van der Waals surface area (Å²) < 4.78 is 5.14. The molecule has 0 bridgehead atoms. The van der Waals surface area contributed by atoms with Gasteiger partial charge in [0.1, 0.15) is 0 Å². The minimum Gasteiger partial charge on any atom is -0.385 e. The highest BCUT2D eigenvalue weighted by molar-refractivity contribution is 4.76. The van der Waals surface area contributed by atoms with E-state index in [0.29, 0.717) is 0 Å². The average Bonchev–Trinajstić information content (AvgIpc) is 2.34. The second-order valence-corrected chi connectivity index (χ2v) is 6.06. The maximum Gasteiger partial charge on any atom is 0.0462 e. The molecule has 0 aromatic carbocycles. The molecule has 0 spiro atoms. The van der Waals surface area contributed by atoms with Crippen LogP contribution in [0, 0.1) is 17.8 Å². The number of hydrogen-bond donors (Lipinski definition) is 0.